The lowest BCUT2D eigenvalue weighted by molar-refractivity contribution is -0.139. The Hall–Kier alpha value is -3.19. The highest BCUT2D eigenvalue weighted by Gasteiger charge is 2.46. The van der Waals surface area contributed by atoms with E-state index in [1.165, 1.54) is 11.3 Å². The highest BCUT2D eigenvalue weighted by atomic mass is 32.1. The Balaban J connectivity index is 1.68. The van der Waals surface area contributed by atoms with Gasteiger partial charge in [0.1, 0.15) is 5.76 Å². The lowest BCUT2D eigenvalue weighted by Crippen LogP contribution is -2.31. The number of ketones is 1. The maximum atomic E-state index is 12.8. The summed E-state index contributed by atoms with van der Waals surface area (Å²) in [6.45, 7) is 1.11. The van der Waals surface area contributed by atoms with Gasteiger partial charge in [0.25, 0.3) is 11.7 Å². The van der Waals surface area contributed by atoms with Crippen molar-refractivity contribution >= 4 is 28.8 Å². The summed E-state index contributed by atoms with van der Waals surface area (Å²) in [5, 5.41) is 12.7. The van der Waals surface area contributed by atoms with Crippen LogP contribution in [0.5, 0.6) is 0 Å². The first-order chi connectivity index (χ1) is 13.7. The average molecular weight is 393 g/mol. The Morgan fingerprint density at radius 2 is 1.93 bits per heavy atom. The Labute approximate surface area is 166 Å². The minimum absolute atomic E-state index is 0.130. The molecule has 0 bridgehead atoms. The van der Waals surface area contributed by atoms with Gasteiger partial charge in [0.05, 0.1) is 17.9 Å². The van der Waals surface area contributed by atoms with Crippen molar-refractivity contribution in [2.24, 2.45) is 0 Å². The molecular formula is C21H19N3O3S. The normalized spacial score (nSPS) is 18.7. The van der Waals surface area contributed by atoms with Crippen molar-refractivity contribution in [2.75, 3.05) is 6.54 Å². The van der Waals surface area contributed by atoms with Crippen molar-refractivity contribution in [1.29, 1.82) is 0 Å². The molecule has 1 atom stereocenters. The van der Waals surface area contributed by atoms with E-state index in [9.17, 15) is 14.7 Å². The van der Waals surface area contributed by atoms with Gasteiger partial charge in [-0.1, -0.05) is 36.4 Å². The molecule has 3 heterocycles. The van der Waals surface area contributed by atoms with Crippen molar-refractivity contribution in [2.45, 2.75) is 19.0 Å². The number of carbonyl (C=O) groups is 2. The molecule has 3 aromatic rings. The standard InChI is InChI=1S/C21H19N3O3S/c25-19(15-6-2-1-3-7-15)17-18(16-8-4-13-28-16)24(21(27)20(17)26)11-5-10-23-12-9-22-14-23/h1-4,6-9,12-14,18,25H,5,10-11H2. The number of benzene rings is 1. The number of hydrogen-bond donors (Lipinski definition) is 1. The molecule has 0 spiro atoms. The van der Waals surface area contributed by atoms with E-state index in [0.29, 0.717) is 25.1 Å². The third-order valence-electron chi connectivity index (χ3n) is 4.77. The highest BCUT2D eigenvalue weighted by molar-refractivity contribution is 7.10. The summed E-state index contributed by atoms with van der Waals surface area (Å²) in [6.07, 6.45) is 5.97. The van der Waals surface area contributed by atoms with Gasteiger partial charge in [-0.3, -0.25) is 9.59 Å². The number of thiophene rings is 1. The zero-order valence-electron chi connectivity index (χ0n) is 15.1. The largest absolute Gasteiger partial charge is 0.507 e. The molecule has 0 saturated carbocycles. The van der Waals surface area contributed by atoms with Crippen LogP contribution in [-0.2, 0) is 16.1 Å². The molecule has 2 aromatic heterocycles. The minimum atomic E-state index is -0.637. The van der Waals surface area contributed by atoms with Crippen LogP contribution in [0.2, 0.25) is 0 Å². The summed E-state index contributed by atoms with van der Waals surface area (Å²) in [5.74, 6) is -1.33. The van der Waals surface area contributed by atoms with Crippen LogP contribution in [0.3, 0.4) is 0 Å². The number of aromatic nitrogens is 2. The molecule has 1 aromatic carbocycles. The minimum Gasteiger partial charge on any atom is -0.507 e. The predicted molar refractivity (Wildman–Crippen MR) is 107 cm³/mol. The lowest BCUT2D eigenvalue weighted by atomic mass is 10.00. The Morgan fingerprint density at radius 3 is 2.61 bits per heavy atom. The van der Waals surface area contributed by atoms with E-state index < -0.39 is 17.7 Å². The van der Waals surface area contributed by atoms with Crippen LogP contribution in [0.15, 0.2) is 72.1 Å². The third-order valence-corrected chi connectivity index (χ3v) is 5.70. The van der Waals surface area contributed by atoms with E-state index in [-0.39, 0.29) is 11.3 Å². The molecule has 1 unspecified atom stereocenters. The fourth-order valence-electron chi connectivity index (χ4n) is 3.45. The number of aliphatic hydroxyl groups excluding tert-OH is 1. The number of carbonyl (C=O) groups excluding carboxylic acids is 2. The maximum Gasteiger partial charge on any atom is 0.295 e. The summed E-state index contributed by atoms with van der Waals surface area (Å²) < 4.78 is 1.93. The molecule has 0 radical (unpaired) electrons. The van der Waals surface area contributed by atoms with Crippen molar-refractivity contribution < 1.29 is 14.7 Å². The molecule has 142 valence electrons. The second kappa shape index (κ2) is 7.82. The molecule has 1 saturated heterocycles. The number of nitrogens with zero attached hydrogens (tertiary/aromatic N) is 3. The summed E-state index contributed by atoms with van der Waals surface area (Å²) in [6, 6.07) is 12.1. The van der Waals surface area contributed by atoms with Crippen LogP contribution in [0.25, 0.3) is 5.76 Å². The van der Waals surface area contributed by atoms with Gasteiger partial charge >= 0.3 is 0 Å². The van der Waals surface area contributed by atoms with Crippen LogP contribution in [-0.4, -0.2) is 37.8 Å². The SMILES string of the molecule is O=C1C(=O)N(CCCn2ccnc2)C(c2cccs2)C1=C(O)c1ccccc1. The lowest BCUT2D eigenvalue weighted by Gasteiger charge is -2.24. The number of likely N-dealkylation sites (tertiary alicyclic amines) is 1. The fraction of sp³-hybridized carbons (Fsp3) is 0.190. The highest BCUT2D eigenvalue weighted by Crippen LogP contribution is 2.41. The molecule has 7 heteroatoms. The molecule has 1 aliphatic heterocycles. The summed E-state index contributed by atoms with van der Waals surface area (Å²) >= 11 is 1.47. The molecule has 0 aliphatic carbocycles. The van der Waals surface area contributed by atoms with E-state index in [4.69, 9.17) is 0 Å². The van der Waals surface area contributed by atoms with E-state index in [2.05, 4.69) is 4.98 Å². The Kier molecular flexibility index (Phi) is 5.08. The first-order valence-electron chi connectivity index (χ1n) is 9.00. The Morgan fingerprint density at radius 1 is 1.11 bits per heavy atom. The van der Waals surface area contributed by atoms with Crippen LogP contribution in [0, 0.1) is 0 Å². The summed E-state index contributed by atoms with van der Waals surface area (Å²) in [7, 11) is 0. The second-order valence-electron chi connectivity index (χ2n) is 6.53. The third kappa shape index (κ3) is 3.36. The van der Waals surface area contributed by atoms with E-state index in [1.807, 2.05) is 34.3 Å². The van der Waals surface area contributed by atoms with Crippen LogP contribution in [0.4, 0.5) is 0 Å². The van der Waals surface area contributed by atoms with E-state index >= 15 is 0 Å². The van der Waals surface area contributed by atoms with Gasteiger partial charge in [-0.25, -0.2) is 4.98 Å². The zero-order valence-corrected chi connectivity index (χ0v) is 15.9. The van der Waals surface area contributed by atoms with Crippen molar-refractivity contribution in [3.8, 4) is 0 Å². The number of hydrogen-bond acceptors (Lipinski definition) is 5. The van der Waals surface area contributed by atoms with Crippen LogP contribution >= 0.6 is 11.3 Å². The summed E-state index contributed by atoms with van der Waals surface area (Å²) in [4.78, 5) is 32.0. The van der Waals surface area contributed by atoms with Gasteiger partial charge < -0.3 is 14.6 Å². The molecule has 4 rings (SSSR count). The van der Waals surface area contributed by atoms with Gasteiger partial charge in [0.2, 0.25) is 0 Å². The molecule has 28 heavy (non-hydrogen) atoms. The van der Waals surface area contributed by atoms with Crippen molar-refractivity contribution in [3.05, 3.63) is 82.6 Å². The number of aliphatic hydroxyl groups is 1. The number of imidazole rings is 1. The number of amides is 1. The smallest absolute Gasteiger partial charge is 0.295 e. The topological polar surface area (TPSA) is 75.4 Å². The maximum absolute atomic E-state index is 12.8. The second-order valence-corrected chi connectivity index (χ2v) is 7.51. The fourth-order valence-corrected chi connectivity index (χ4v) is 4.29. The first-order valence-corrected chi connectivity index (χ1v) is 9.88. The molecule has 1 N–H and O–H groups in total. The van der Waals surface area contributed by atoms with E-state index in [1.54, 1.807) is 41.7 Å². The van der Waals surface area contributed by atoms with Gasteiger partial charge in [0.15, 0.2) is 0 Å². The first kappa shape index (κ1) is 18.2. The van der Waals surface area contributed by atoms with Gasteiger partial charge in [-0.05, 0) is 17.9 Å². The molecule has 1 amide bonds. The van der Waals surface area contributed by atoms with Crippen molar-refractivity contribution in [3.63, 3.8) is 0 Å². The Bertz CT molecular complexity index is 995. The summed E-state index contributed by atoms with van der Waals surface area (Å²) in [5.41, 5.74) is 0.682. The van der Waals surface area contributed by atoms with Gasteiger partial charge in [-0.2, -0.15) is 0 Å². The van der Waals surface area contributed by atoms with Gasteiger partial charge in [0, 0.05) is 35.9 Å². The quantitative estimate of drug-likeness (QED) is 0.395. The van der Waals surface area contributed by atoms with Crippen molar-refractivity contribution in [1.82, 2.24) is 14.5 Å². The van der Waals surface area contributed by atoms with E-state index in [0.717, 1.165) is 4.88 Å². The predicted octanol–water partition coefficient (Wildman–Crippen LogP) is 3.46. The van der Waals surface area contributed by atoms with Crippen LogP contribution < -0.4 is 0 Å². The zero-order chi connectivity index (χ0) is 19.5. The number of aryl methyl sites for hydroxylation is 1. The number of rotatable bonds is 6. The van der Waals surface area contributed by atoms with Gasteiger partial charge in [-0.15, -0.1) is 11.3 Å². The molecular weight excluding hydrogens is 374 g/mol. The molecule has 1 fully saturated rings. The molecule has 1 aliphatic rings. The average Bonchev–Trinajstić information content (AvgIpc) is 3.46. The monoisotopic (exact) mass is 393 g/mol. The number of Topliss-reactive ketones (excluding diaryl/α,β-unsaturated/α-hetero) is 1. The molecule has 6 nitrogen and oxygen atoms in total. The van der Waals surface area contributed by atoms with Crippen LogP contribution in [0.1, 0.15) is 22.9 Å².